The Bertz CT molecular complexity index is 1950. The number of esters is 1. The summed E-state index contributed by atoms with van der Waals surface area (Å²) in [6.07, 6.45) is 4.13. The molecule has 1 heterocycles. The number of thioether (sulfide) groups is 1. The SMILES string of the molecule is CCOC(=O)c1c(NC(=O)CSc2cccc(NC(=O)/C(=C\c3cc(OC)c(OC)c(OC)c3)NC(=O)c3ccccc3)c2)sc2c1CCC(C)C2. The van der Waals surface area contributed by atoms with Crippen LogP contribution in [-0.2, 0) is 27.2 Å². The molecule has 1 aliphatic carbocycles. The van der Waals surface area contributed by atoms with Crippen LogP contribution in [0, 0.1) is 5.92 Å². The van der Waals surface area contributed by atoms with Gasteiger partial charge in [0.2, 0.25) is 11.7 Å². The summed E-state index contributed by atoms with van der Waals surface area (Å²) in [4.78, 5) is 54.8. The second kappa shape index (κ2) is 17.8. The highest BCUT2D eigenvalue weighted by atomic mass is 32.2. The number of ether oxygens (including phenoxy) is 4. The minimum atomic E-state index is -0.583. The van der Waals surface area contributed by atoms with Gasteiger partial charge in [-0.15, -0.1) is 23.1 Å². The third kappa shape index (κ3) is 9.33. The van der Waals surface area contributed by atoms with E-state index in [1.807, 2.05) is 6.07 Å². The fraction of sp³-hybridized carbons (Fsp3) is 0.282. The van der Waals surface area contributed by atoms with Crippen LogP contribution in [0.4, 0.5) is 10.7 Å². The van der Waals surface area contributed by atoms with Gasteiger partial charge in [-0.1, -0.05) is 31.2 Å². The summed E-state index contributed by atoms with van der Waals surface area (Å²) in [6.45, 7) is 4.20. The Morgan fingerprint density at radius 3 is 2.33 bits per heavy atom. The highest BCUT2D eigenvalue weighted by Crippen LogP contribution is 2.41. The Kier molecular flexibility index (Phi) is 13.0. The minimum absolute atomic E-state index is 0.0361. The molecule has 3 amide bonds. The molecule has 0 fully saturated rings. The number of hydrogen-bond donors (Lipinski definition) is 3. The van der Waals surface area contributed by atoms with Gasteiger partial charge in [0, 0.05) is 21.0 Å². The largest absolute Gasteiger partial charge is 0.493 e. The smallest absolute Gasteiger partial charge is 0.341 e. The Labute approximate surface area is 311 Å². The van der Waals surface area contributed by atoms with Gasteiger partial charge in [0.05, 0.1) is 39.3 Å². The number of thiophene rings is 1. The minimum Gasteiger partial charge on any atom is -0.493 e. The van der Waals surface area contributed by atoms with Crippen molar-refractivity contribution in [1.29, 1.82) is 0 Å². The molecular formula is C39H41N3O8S2. The fourth-order valence-electron chi connectivity index (χ4n) is 5.73. The van der Waals surface area contributed by atoms with E-state index in [4.69, 9.17) is 18.9 Å². The molecule has 1 unspecified atom stereocenters. The quantitative estimate of drug-likeness (QED) is 0.0694. The molecule has 13 heteroatoms. The standard InChI is InChI=1S/C39H41N3O8S2/c1-6-50-39(46)34-28-16-15-23(2)17-32(28)52-38(34)42-33(43)22-51-27-14-10-13-26(21-27)40-37(45)29(41-36(44)25-11-8-7-9-12-25)18-24-19-30(47-3)35(49-5)31(20-24)48-4/h7-14,18-21,23H,6,15-17,22H2,1-5H3,(H,40,45)(H,41,44)(H,42,43)/b29-18+. The maximum Gasteiger partial charge on any atom is 0.341 e. The predicted molar refractivity (Wildman–Crippen MR) is 204 cm³/mol. The molecule has 1 aliphatic rings. The number of fused-ring (bicyclic) bond motifs is 1. The van der Waals surface area contributed by atoms with E-state index < -0.39 is 17.8 Å². The molecule has 52 heavy (non-hydrogen) atoms. The third-order valence-corrected chi connectivity index (χ3v) is 10.4. The predicted octanol–water partition coefficient (Wildman–Crippen LogP) is 7.22. The second-order valence-corrected chi connectivity index (χ2v) is 14.1. The van der Waals surface area contributed by atoms with Gasteiger partial charge < -0.3 is 34.9 Å². The number of methoxy groups -OCH3 is 3. The Hall–Kier alpha value is -5.27. The molecule has 0 saturated carbocycles. The van der Waals surface area contributed by atoms with Crippen molar-refractivity contribution < 1.29 is 38.1 Å². The van der Waals surface area contributed by atoms with Crippen molar-refractivity contribution in [3.63, 3.8) is 0 Å². The van der Waals surface area contributed by atoms with Crippen LogP contribution in [0.1, 0.15) is 57.0 Å². The molecule has 1 atom stereocenters. The van der Waals surface area contributed by atoms with E-state index in [1.54, 1.807) is 67.6 Å². The molecule has 3 N–H and O–H groups in total. The normalized spacial score (nSPS) is 13.7. The molecular weight excluding hydrogens is 703 g/mol. The van der Waals surface area contributed by atoms with Crippen molar-refractivity contribution in [3.8, 4) is 17.2 Å². The zero-order chi connectivity index (χ0) is 37.2. The molecule has 0 radical (unpaired) electrons. The van der Waals surface area contributed by atoms with Crippen LogP contribution in [0.15, 0.2) is 77.3 Å². The lowest BCUT2D eigenvalue weighted by Gasteiger charge is -2.18. The maximum atomic E-state index is 13.7. The highest BCUT2D eigenvalue weighted by molar-refractivity contribution is 8.00. The zero-order valence-corrected chi connectivity index (χ0v) is 31.3. The first-order chi connectivity index (χ1) is 25.1. The van der Waals surface area contributed by atoms with Crippen molar-refractivity contribution in [2.24, 2.45) is 5.92 Å². The van der Waals surface area contributed by atoms with Crippen LogP contribution in [0.3, 0.4) is 0 Å². The molecule has 0 bridgehead atoms. The van der Waals surface area contributed by atoms with Crippen LogP contribution in [0.25, 0.3) is 6.08 Å². The molecule has 0 saturated heterocycles. The highest BCUT2D eigenvalue weighted by Gasteiger charge is 2.29. The molecule has 1 aromatic heterocycles. The Balaban J connectivity index is 1.32. The fourth-order valence-corrected chi connectivity index (χ4v) is 7.90. The van der Waals surface area contributed by atoms with E-state index in [9.17, 15) is 19.2 Å². The third-order valence-electron chi connectivity index (χ3n) is 8.23. The van der Waals surface area contributed by atoms with Crippen LogP contribution in [-0.4, -0.2) is 57.4 Å². The van der Waals surface area contributed by atoms with Crippen LogP contribution < -0.4 is 30.2 Å². The molecule has 5 rings (SSSR count). The van der Waals surface area contributed by atoms with E-state index in [1.165, 1.54) is 50.5 Å². The summed E-state index contributed by atoms with van der Waals surface area (Å²) in [5, 5.41) is 9.06. The van der Waals surface area contributed by atoms with Crippen molar-refractivity contribution in [1.82, 2.24) is 5.32 Å². The van der Waals surface area contributed by atoms with Gasteiger partial charge in [-0.05, 0) is 91.8 Å². The van der Waals surface area contributed by atoms with Gasteiger partial charge in [0.25, 0.3) is 11.8 Å². The first-order valence-corrected chi connectivity index (χ1v) is 18.5. The Morgan fingerprint density at radius 1 is 0.923 bits per heavy atom. The molecule has 0 aliphatic heterocycles. The molecule has 272 valence electrons. The van der Waals surface area contributed by atoms with E-state index >= 15 is 0 Å². The number of nitrogens with one attached hydrogen (secondary N) is 3. The van der Waals surface area contributed by atoms with E-state index in [-0.39, 0.29) is 24.0 Å². The second-order valence-electron chi connectivity index (χ2n) is 11.9. The average Bonchev–Trinajstić information content (AvgIpc) is 3.50. The lowest BCUT2D eigenvalue weighted by Crippen LogP contribution is -2.30. The summed E-state index contributed by atoms with van der Waals surface area (Å²) in [5.41, 5.74) is 2.74. The topological polar surface area (TPSA) is 141 Å². The summed E-state index contributed by atoms with van der Waals surface area (Å²) < 4.78 is 21.7. The number of carbonyl (C=O) groups is 4. The van der Waals surface area contributed by atoms with Gasteiger partial charge in [-0.25, -0.2) is 4.79 Å². The number of amides is 3. The van der Waals surface area contributed by atoms with Gasteiger partial charge in [-0.2, -0.15) is 0 Å². The first-order valence-electron chi connectivity index (χ1n) is 16.7. The number of benzene rings is 3. The molecule has 4 aromatic rings. The molecule has 3 aromatic carbocycles. The number of rotatable bonds is 14. The molecule has 11 nitrogen and oxygen atoms in total. The van der Waals surface area contributed by atoms with Gasteiger partial charge >= 0.3 is 5.97 Å². The van der Waals surface area contributed by atoms with Crippen LogP contribution in [0.2, 0.25) is 0 Å². The van der Waals surface area contributed by atoms with Gasteiger partial charge in [0.1, 0.15) is 10.7 Å². The number of anilines is 2. The average molecular weight is 744 g/mol. The maximum absolute atomic E-state index is 13.7. The van der Waals surface area contributed by atoms with Crippen LogP contribution >= 0.6 is 23.1 Å². The van der Waals surface area contributed by atoms with Crippen molar-refractivity contribution in [2.75, 3.05) is 44.3 Å². The van der Waals surface area contributed by atoms with Gasteiger partial charge in [0.15, 0.2) is 11.5 Å². The van der Waals surface area contributed by atoms with E-state index in [2.05, 4.69) is 22.9 Å². The lowest BCUT2D eigenvalue weighted by atomic mass is 9.88. The monoisotopic (exact) mass is 743 g/mol. The molecule has 0 spiro atoms. The van der Waals surface area contributed by atoms with Crippen LogP contribution in [0.5, 0.6) is 17.2 Å². The summed E-state index contributed by atoms with van der Waals surface area (Å²) in [7, 11) is 4.46. The summed E-state index contributed by atoms with van der Waals surface area (Å²) >= 11 is 2.73. The van der Waals surface area contributed by atoms with Crippen molar-refractivity contribution in [3.05, 3.63) is 99.6 Å². The summed E-state index contributed by atoms with van der Waals surface area (Å²) in [5.74, 6) is -0.0317. The van der Waals surface area contributed by atoms with E-state index in [0.717, 1.165) is 34.6 Å². The first kappa shape index (κ1) is 38.0. The summed E-state index contributed by atoms with van der Waals surface area (Å²) in [6, 6.07) is 18.9. The van der Waals surface area contributed by atoms with Crippen molar-refractivity contribution >= 4 is 63.6 Å². The van der Waals surface area contributed by atoms with E-state index in [0.29, 0.717) is 50.5 Å². The lowest BCUT2D eigenvalue weighted by molar-refractivity contribution is -0.114. The Morgan fingerprint density at radius 2 is 1.65 bits per heavy atom. The number of hydrogen-bond acceptors (Lipinski definition) is 10. The van der Waals surface area contributed by atoms with Gasteiger partial charge in [-0.3, -0.25) is 14.4 Å². The number of carbonyl (C=O) groups excluding carboxylic acids is 4. The zero-order valence-electron chi connectivity index (χ0n) is 29.6. The van der Waals surface area contributed by atoms with Crippen molar-refractivity contribution in [2.45, 2.75) is 38.0 Å².